The van der Waals surface area contributed by atoms with Crippen molar-refractivity contribution in [2.75, 3.05) is 0 Å². The van der Waals surface area contributed by atoms with Gasteiger partial charge in [0.15, 0.2) is 0 Å². The van der Waals surface area contributed by atoms with Crippen LogP contribution in [0, 0.1) is 11.8 Å². The molecule has 1 saturated heterocycles. The number of piperidine rings is 1. The van der Waals surface area contributed by atoms with Crippen molar-refractivity contribution in [2.24, 2.45) is 22.7 Å². The number of hydrazone groups is 1. The summed E-state index contributed by atoms with van der Waals surface area (Å²) in [7, 11) is 0. The van der Waals surface area contributed by atoms with Crippen LogP contribution in [-0.4, -0.2) is 11.7 Å². The van der Waals surface area contributed by atoms with Gasteiger partial charge in [0.1, 0.15) is 0 Å². The molecule has 2 aromatic rings. The van der Waals surface area contributed by atoms with E-state index < -0.39 is 6.03 Å². The van der Waals surface area contributed by atoms with Gasteiger partial charge in [-0.1, -0.05) is 67.1 Å². The minimum atomic E-state index is -0.610. The van der Waals surface area contributed by atoms with E-state index in [9.17, 15) is 4.79 Å². The third-order valence-electron chi connectivity index (χ3n) is 5.57. The Bertz CT molecular complexity index is 735. The molecule has 0 radical (unpaired) electrons. The van der Waals surface area contributed by atoms with Gasteiger partial charge in [-0.3, -0.25) is 0 Å². The molecule has 0 aromatic heterocycles. The Balaban J connectivity index is 1.76. The summed E-state index contributed by atoms with van der Waals surface area (Å²) >= 11 is 0. The zero-order chi connectivity index (χ0) is 17.9. The number of amides is 2. The number of carbonyl (C=O) groups is 1. The molecule has 4 atom stereocenters. The van der Waals surface area contributed by atoms with Crippen molar-refractivity contribution in [1.29, 1.82) is 0 Å². The fourth-order valence-corrected chi connectivity index (χ4v) is 4.49. The summed E-state index contributed by atoms with van der Waals surface area (Å²) < 4.78 is 0. The van der Waals surface area contributed by atoms with E-state index in [2.05, 4.69) is 64.4 Å². The molecule has 4 rings (SSSR count). The fourth-order valence-electron chi connectivity index (χ4n) is 4.49. The molecule has 1 aliphatic carbocycles. The van der Waals surface area contributed by atoms with E-state index in [4.69, 9.17) is 5.73 Å². The number of hydrogen-bond acceptors (Lipinski definition) is 3. The summed E-state index contributed by atoms with van der Waals surface area (Å²) in [6, 6.07) is 20.7. The standard InChI is InChI=1S/C21H24N4O/c22-21(26)25-24-20-16-12-7-13-17(20)19(15-10-5-2-6-11-15)23-18(16)14-8-3-1-4-9-14/h1-6,8-11,16-19,23H,7,12-13H2,(H3,22,25,26)/t16-,17+,18-,19+. The molecule has 5 nitrogen and oxygen atoms in total. The molecule has 1 heterocycles. The summed E-state index contributed by atoms with van der Waals surface area (Å²) in [6.45, 7) is 0. The second-order valence-corrected chi connectivity index (χ2v) is 7.10. The molecule has 5 heteroatoms. The minimum Gasteiger partial charge on any atom is -0.350 e. The van der Waals surface area contributed by atoms with E-state index in [1.54, 1.807) is 0 Å². The molecule has 26 heavy (non-hydrogen) atoms. The maximum atomic E-state index is 11.3. The van der Waals surface area contributed by atoms with Crippen LogP contribution in [0.15, 0.2) is 65.8 Å². The average Bonchev–Trinajstić information content (AvgIpc) is 2.68. The lowest BCUT2D eigenvalue weighted by Gasteiger charge is -2.47. The van der Waals surface area contributed by atoms with Gasteiger partial charge >= 0.3 is 6.03 Å². The Morgan fingerprint density at radius 1 is 0.923 bits per heavy atom. The van der Waals surface area contributed by atoms with Gasteiger partial charge in [0.05, 0.1) is 0 Å². The number of carbonyl (C=O) groups excluding carboxylic acids is 1. The molecule has 0 unspecified atom stereocenters. The predicted octanol–water partition coefficient (Wildman–Crippen LogP) is 3.51. The van der Waals surface area contributed by atoms with Gasteiger partial charge in [-0.15, -0.1) is 0 Å². The fraction of sp³-hybridized carbons (Fsp3) is 0.333. The number of urea groups is 1. The van der Waals surface area contributed by atoms with Gasteiger partial charge in [-0.05, 0) is 24.0 Å². The number of rotatable bonds is 3. The average molecular weight is 348 g/mol. The van der Waals surface area contributed by atoms with Gasteiger partial charge in [-0.25, -0.2) is 10.2 Å². The van der Waals surface area contributed by atoms with Crippen molar-refractivity contribution in [3.63, 3.8) is 0 Å². The summed E-state index contributed by atoms with van der Waals surface area (Å²) in [5, 5.41) is 8.35. The number of benzene rings is 2. The van der Waals surface area contributed by atoms with E-state index in [-0.39, 0.29) is 23.9 Å². The molecule has 0 spiro atoms. The van der Waals surface area contributed by atoms with Crippen molar-refractivity contribution in [3.05, 3.63) is 71.8 Å². The zero-order valence-corrected chi connectivity index (χ0v) is 14.6. The number of primary amides is 1. The molecule has 1 saturated carbocycles. The highest BCUT2D eigenvalue weighted by molar-refractivity contribution is 5.92. The quantitative estimate of drug-likeness (QED) is 0.742. The third-order valence-corrected chi connectivity index (χ3v) is 5.57. The lowest BCUT2D eigenvalue weighted by molar-refractivity contribution is 0.230. The number of hydrogen-bond donors (Lipinski definition) is 3. The van der Waals surface area contributed by atoms with Gasteiger partial charge < -0.3 is 11.1 Å². The third kappa shape index (κ3) is 3.22. The minimum absolute atomic E-state index is 0.173. The summed E-state index contributed by atoms with van der Waals surface area (Å²) in [6.07, 6.45) is 3.28. The van der Waals surface area contributed by atoms with E-state index in [1.165, 1.54) is 17.5 Å². The lowest BCUT2D eigenvalue weighted by Crippen LogP contribution is -2.51. The Morgan fingerprint density at radius 3 is 1.88 bits per heavy atom. The van der Waals surface area contributed by atoms with Crippen LogP contribution in [0.25, 0.3) is 0 Å². The number of nitrogens with zero attached hydrogens (tertiary/aromatic N) is 1. The summed E-state index contributed by atoms with van der Waals surface area (Å²) in [5.41, 5.74) is 11.3. The highest BCUT2D eigenvalue weighted by Crippen LogP contribution is 2.46. The summed E-state index contributed by atoms with van der Waals surface area (Å²) in [4.78, 5) is 11.3. The molecule has 4 N–H and O–H groups in total. The van der Waals surface area contributed by atoms with Crippen LogP contribution in [0.3, 0.4) is 0 Å². The lowest BCUT2D eigenvalue weighted by atomic mass is 9.67. The van der Waals surface area contributed by atoms with E-state index in [0.717, 1.165) is 18.6 Å². The van der Waals surface area contributed by atoms with Gasteiger partial charge in [0.25, 0.3) is 0 Å². The van der Waals surface area contributed by atoms with Crippen molar-refractivity contribution in [1.82, 2.24) is 10.7 Å². The molecule has 2 amide bonds. The molecule has 1 aliphatic heterocycles. The van der Waals surface area contributed by atoms with Crippen molar-refractivity contribution in [2.45, 2.75) is 31.3 Å². The normalized spacial score (nSPS) is 29.3. The smallest absolute Gasteiger partial charge is 0.332 e. The molecule has 2 fully saturated rings. The molecule has 2 aliphatic rings. The topological polar surface area (TPSA) is 79.5 Å². The van der Waals surface area contributed by atoms with Crippen LogP contribution in [0.2, 0.25) is 0 Å². The molecule has 134 valence electrons. The van der Waals surface area contributed by atoms with Crippen molar-refractivity contribution >= 4 is 11.7 Å². The first-order valence-corrected chi connectivity index (χ1v) is 9.23. The van der Waals surface area contributed by atoms with Gasteiger partial charge in [-0.2, -0.15) is 5.10 Å². The van der Waals surface area contributed by atoms with Gasteiger partial charge in [0, 0.05) is 29.6 Å². The Hall–Kier alpha value is -2.66. The number of nitrogens with two attached hydrogens (primary N) is 1. The van der Waals surface area contributed by atoms with Crippen LogP contribution in [-0.2, 0) is 0 Å². The monoisotopic (exact) mass is 348 g/mol. The summed E-state index contributed by atoms with van der Waals surface area (Å²) in [5.74, 6) is 0.533. The SMILES string of the molecule is NC(=O)NN=C1[C@H]2CCC[C@@H]1[C@@H](c1ccccc1)N[C@H]2c1ccccc1. The number of fused-ring (bicyclic) bond motifs is 2. The Labute approximate surface area is 153 Å². The van der Waals surface area contributed by atoms with E-state index in [0.29, 0.717) is 0 Å². The van der Waals surface area contributed by atoms with Crippen LogP contribution < -0.4 is 16.5 Å². The van der Waals surface area contributed by atoms with Crippen LogP contribution in [0.5, 0.6) is 0 Å². The van der Waals surface area contributed by atoms with Crippen LogP contribution in [0.4, 0.5) is 4.79 Å². The van der Waals surface area contributed by atoms with E-state index in [1.807, 2.05) is 12.1 Å². The van der Waals surface area contributed by atoms with Gasteiger partial charge in [0.2, 0.25) is 0 Å². The highest BCUT2D eigenvalue weighted by Gasteiger charge is 2.45. The molecule has 2 bridgehead atoms. The Kier molecular flexibility index (Phi) is 4.71. The second-order valence-electron chi connectivity index (χ2n) is 7.10. The highest BCUT2D eigenvalue weighted by atomic mass is 16.2. The molecular weight excluding hydrogens is 324 g/mol. The predicted molar refractivity (Wildman–Crippen MR) is 102 cm³/mol. The first-order chi connectivity index (χ1) is 12.7. The largest absolute Gasteiger partial charge is 0.350 e. The number of nitrogens with one attached hydrogen (secondary N) is 2. The Morgan fingerprint density at radius 2 is 1.42 bits per heavy atom. The maximum Gasteiger partial charge on any atom is 0.332 e. The maximum absolute atomic E-state index is 11.3. The molecular formula is C21H24N4O. The first kappa shape index (κ1) is 16.8. The van der Waals surface area contributed by atoms with Crippen molar-refractivity contribution in [3.8, 4) is 0 Å². The second kappa shape index (κ2) is 7.30. The first-order valence-electron chi connectivity index (χ1n) is 9.23. The van der Waals surface area contributed by atoms with Crippen molar-refractivity contribution < 1.29 is 4.79 Å². The van der Waals surface area contributed by atoms with Crippen LogP contribution >= 0.6 is 0 Å². The molecule has 2 aromatic carbocycles. The zero-order valence-electron chi connectivity index (χ0n) is 14.6. The van der Waals surface area contributed by atoms with Crippen LogP contribution in [0.1, 0.15) is 42.5 Å². The van der Waals surface area contributed by atoms with E-state index >= 15 is 0 Å².